The molecule has 0 fully saturated rings. The van der Waals surface area contributed by atoms with E-state index in [0.29, 0.717) is 10.7 Å². The summed E-state index contributed by atoms with van der Waals surface area (Å²) in [7, 11) is 0. The van der Waals surface area contributed by atoms with Crippen molar-refractivity contribution in [1.29, 1.82) is 0 Å². The standard InChI is InChI=1S/C15H10Cl4N2O3/c1-7-4-8(16)2-3-10(7)21-11(22)6-24-15(23)14-13(19)12(18)9(17)5-20-14/h2-5H,6H2,1H3,(H,21,22). The van der Waals surface area contributed by atoms with Gasteiger partial charge in [0.05, 0.1) is 15.1 Å². The van der Waals surface area contributed by atoms with Gasteiger partial charge in [0.25, 0.3) is 5.91 Å². The first-order valence-corrected chi connectivity index (χ1v) is 8.03. The van der Waals surface area contributed by atoms with Crippen LogP contribution in [0.4, 0.5) is 5.69 Å². The zero-order chi connectivity index (χ0) is 17.9. The molecule has 1 aromatic carbocycles. The number of ether oxygens (including phenoxy) is 1. The predicted molar refractivity (Wildman–Crippen MR) is 94.4 cm³/mol. The number of carbonyl (C=O) groups excluding carboxylic acids is 2. The highest BCUT2D eigenvalue weighted by atomic mass is 35.5. The molecule has 1 heterocycles. The molecule has 0 aliphatic heterocycles. The minimum Gasteiger partial charge on any atom is -0.451 e. The second kappa shape index (κ2) is 8.03. The first kappa shape index (κ1) is 18.8. The molecule has 0 radical (unpaired) electrons. The Morgan fingerprint density at radius 2 is 1.88 bits per heavy atom. The molecule has 0 saturated carbocycles. The van der Waals surface area contributed by atoms with Crippen molar-refractivity contribution < 1.29 is 14.3 Å². The summed E-state index contributed by atoms with van der Waals surface area (Å²) in [6.07, 6.45) is 1.17. The number of rotatable bonds is 4. The van der Waals surface area contributed by atoms with Crippen molar-refractivity contribution in [3.8, 4) is 0 Å². The molecule has 0 unspecified atom stereocenters. The number of anilines is 1. The van der Waals surface area contributed by atoms with Crippen LogP contribution in [-0.4, -0.2) is 23.5 Å². The molecule has 0 saturated heterocycles. The smallest absolute Gasteiger partial charge is 0.359 e. The Balaban J connectivity index is 1.99. The van der Waals surface area contributed by atoms with Gasteiger partial charge in [0.2, 0.25) is 0 Å². The van der Waals surface area contributed by atoms with Crippen LogP contribution >= 0.6 is 46.4 Å². The number of carbonyl (C=O) groups is 2. The number of esters is 1. The number of aromatic nitrogens is 1. The van der Waals surface area contributed by atoms with E-state index in [2.05, 4.69) is 10.3 Å². The Bertz CT molecular complexity index is 812. The van der Waals surface area contributed by atoms with Gasteiger partial charge in [0.1, 0.15) is 0 Å². The SMILES string of the molecule is Cc1cc(Cl)ccc1NC(=O)COC(=O)c1ncc(Cl)c(Cl)c1Cl. The fourth-order valence-corrected chi connectivity index (χ4v) is 2.52. The summed E-state index contributed by atoms with van der Waals surface area (Å²) in [6.45, 7) is 1.27. The quantitative estimate of drug-likeness (QED) is 0.739. The molecule has 1 N–H and O–H groups in total. The van der Waals surface area contributed by atoms with Crippen LogP contribution in [0.25, 0.3) is 0 Å². The lowest BCUT2D eigenvalue weighted by Crippen LogP contribution is -2.22. The van der Waals surface area contributed by atoms with Gasteiger partial charge in [-0.1, -0.05) is 46.4 Å². The topological polar surface area (TPSA) is 68.3 Å². The zero-order valence-corrected chi connectivity index (χ0v) is 15.2. The maximum atomic E-state index is 11.9. The molecule has 1 aromatic heterocycles. The van der Waals surface area contributed by atoms with Gasteiger partial charge >= 0.3 is 5.97 Å². The monoisotopic (exact) mass is 406 g/mol. The van der Waals surface area contributed by atoms with E-state index in [1.54, 1.807) is 25.1 Å². The lowest BCUT2D eigenvalue weighted by Gasteiger charge is -2.10. The van der Waals surface area contributed by atoms with Crippen LogP contribution in [-0.2, 0) is 9.53 Å². The van der Waals surface area contributed by atoms with Crippen LogP contribution in [0.2, 0.25) is 20.1 Å². The van der Waals surface area contributed by atoms with Crippen LogP contribution in [0.5, 0.6) is 0 Å². The first-order chi connectivity index (χ1) is 11.3. The highest BCUT2D eigenvalue weighted by Gasteiger charge is 2.19. The van der Waals surface area contributed by atoms with E-state index >= 15 is 0 Å². The lowest BCUT2D eigenvalue weighted by atomic mass is 10.2. The summed E-state index contributed by atoms with van der Waals surface area (Å²) in [5.41, 5.74) is 1.11. The van der Waals surface area contributed by atoms with Crippen LogP contribution in [0.3, 0.4) is 0 Å². The molecule has 1 amide bonds. The Hall–Kier alpha value is -1.53. The summed E-state index contributed by atoms with van der Waals surface area (Å²) < 4.78 is 4.88. The number of hydrogen-bond donors (Lipinski definition) is 1. The summed E-state index contributed by atoms with van der Waals surface area (Å²) >= 11 is 23.3. The Morgan fingerprint density at radius 1 is 1.17 bits per heavy atom. The Kier molecular flexibility index (Phi) is 6.29. The third kappa shape index (κ3) is 4.51. The minimum absolute atomic E-state index is 0.0125. The highest BCUT2D eigenvalue weighted by Crippen LogP contribution is 2.31. The van der Waals surface area contributed by atoms with Crippen LogP contribution in [0, 0.1) is 6.92 Å². The summed E-state index contributed by atoms with van der Waals surface area (Å²) in [4.78, 5) is 27.6. The maximum Gasteiger partial charge on any atom is 0.359 e. The molecule has 0 spiro atoms. The largest absolute Gasteiger partial charge is 0.451 e. The van der Waals surface area contributed by atoms with Crippen molar-refractivity contribution in [2.45, 2.75) is 6.92 Å². The lowest BCUT2D eigenvalue weighted by molar-refractivity contribution is -0.119. The van der Waals surface area contributed by atoms with Crippen molar-refractivity contribution in [1.82, 2.24) is 4.98 Å². The fraction of sp³-hybridized carbons (Fsp3) is 0.133. The van der Waals surface area contributed by atoms with E-state index < -0.39 is 18.5 Å². The zero-order valence-electron chi connectivity index (χ0n) is 12.2. The summed E-state index contributed by atoms with van der Waals surface area (Å²) in [5.74, 6) is -1.41. The van der Waals surface area contributed by atoms with Gasteiger partial charge in [-0.05, 0) is 30.7 Å². The van der Waals surface area contributed by atoms with E-state index in [1.807, 2.05) is 0 Å². The molecule has 0 atom stereocenters. The average molecular weight is 408 g/mol. The minimum atomic E-state index is -0.887. The van der Waals surface area contributed by atoms with E-state index in [4.69, 9.17) is 51.1 Å². The van der Waals surface area contributed by atoms with Gasteiger partial charge in [-0.3, -0.25) is 4.79 Å². The van der Waals surface area contributed by atoms with Crippen molar-refractivity contribution in [3.63, 3.8) is 0 Å². The number of nitrogens with one attached hydrogen (secondary N) is 1. The molecular formula is C15H10Cl4N2O3. The van der Waals surface area contributed by atoms with E-state index in [9.17, 15) is 9.59 Å². The first-order valence-electron chi connectivity index (χ1n) is 6.52. The summed E-state index contributed by atoms with van der Waals surface area (Å²) in [5, 5.41) is 3.11. The number of nitrogens with zero attached hydrogens (tertiary/aromatic N) is 1. The van der Waals surface area contributed by atoms with Gasteiger partial charge in [-0.2, -0.15) is 0 Å². The molecule has 5 nitrogen and oxygen atoms in total. The molecule has 0 aliphatic carbocycles. The third-order valence-corrected chi connectivity index (χ3v) is 4.38. The molecule has 2 rings (SSSR count). The molecule has 9 heteroatoms. The molecule has 24 heavy (non-hydrogen) atoms. The van der Waals surface area contributed by atoms with Gasteiger partial charge in [-0.15, -0.1) is 0 Å². The Labute approximate surface area is 157 Å². The van der Waals surface area contributed by atoms with E-state index in [-0.39, 0.29) is 20.8 Å². The average Bonchev–Trinajstić information content (AvgIpc) is 2.53. The van der Waals surface area contributed by atoms with Crippen LogP contribution < -0.4 is 5.32 Å². The van der Waals surface area contributed by atoms with Crippen molar-refractivity contribution >= 4 is 64.0 Å². The number of aryl methyl sites for hydroxylation is 1. The van der Waals surface area contributed by atoms with Crippen LogP contribution in [0.15, 0.2) is 24.4 Å². The number of pyridine rings is 1. The molecule has 0 aliphatic rings. The molecule has 126 valence electrons. The number of amides is 1. The maximum absolute atomic E-state index is 11.9. The number of halogens is 4. The highest BCUT2D eigenvalue weighted by molar-refractivity contribution is 6.48. The van der Waals surface area contributed by atoms with Crippen molar-refractivity contribution in [2.24, 2.45) is 0 Å². The molecule has 0 bridgehead atoms. The van der Waals surface area contributed by atoms with Crippen molar-refractivity contribution in [3.05, 3.63) is 55.7 Å². The molecule has 2 aromatic rings. The third-order valence-electron chi connectivity index (χ3n) is 2.91. The van der Waals surface area contributed by atoms with Crippen LogP contribution in [0.1, 0.15) is 16.1 Å². The van der Waals surface area contributed by atoms with Gasteiger partial charge in [0.15, 0.2) is 12.3 Å². The van der Waals surface area contributed by atoms with Crippen molar-refractivity contribution in [2.75, 3.05) is 11.9 Å². The fourth-order valence-electron chi connectivity index (χ4n) is 1.74. The van der Waals surface area contributed by atoms with E-state index in [1.165, 1.54) is 6.20 Å². The second-order valence-electron chi connectivity index (χ2n) is 4.67. The number of hydrogen-bond acceptors (Lipinski definition) is 4. The van der Waals surface area contributed by atoms with E-state index in [0.717, 1.165) is 5.56 Å². The van der Waals surface area contributed by atoms with Gasteiger partial charge in [0, 0.05) is 16.9 Å². The Morgan fingerprint density at radius 3 is 2.54 bits per heavy atom. The normalized spacial score (nSPS) is 10.4. The second-order valence-corrected chi connectivity index (χ2v) is 6.27. The summed E-state index contributed by atoms with van der Waals surface area (Å²) in [6, 6.07) is 4.98. The predicted octanol–water partition coefficient (Wildman–Crippen LogP) is 4.80. The van der Waals surface area contributed by atoms with Gasteiger partial charge in [-0.25, -0.2) is 9.78 Å². The van der Waals surface area contributed by atoms with Gasteiger partial charge < -0.3 is 10.1 Å². The molecular weight excluding hydrogens is 398 g/mol. The number of benzene rings is 1.